The molecule has 0 rings (SSSR count). The van der Waals surface area contributed by atoms with E-state index in [-0.39, 0.29) is 0 Å². The van der Waals surface area contributed by atoms with Gasteiger partial charge in [-0.25, -0.2) is 0 Å². The molecule has 0 aliphatic carbocycles. The SMILES string of the molecule is CCCCCCCCCCCCCCCCCCC(=O)O.CCCCCCCCCCCCCCCCCCC(=O)O. The monoisotopic (exact) mass is 597 g/mol. The van der Waals surface area contributed by atoms with E-state index >= 15 is 0 Å². The van der Waals surface area contributed by atoms with Crippen molar-refractivity contribution in [1.29, 1.82) is 0 Å². The summed E-state index contributed by atoms with van der Waals surface area (Å²) in [5.74, 6) is -1.30. The average molecular weight is 597 g/mol. The zero-order chi connectivity index (χ0) is 31.2. The molecule has 0 spiro atoms. The van der Waals surface area contributed by atoms with Crippen LogP contribution in [0.3, 0.4) is 0 Å². The first-order valence-corrected chi connectivity index (χ1v) is 19.0. The Labute approximate surface area is 263 Å². The van der Waals surface area contributed by atoms with Crippen LogP contribution in [0.5, 0.6) is 0 Å². The van der Waals surface area contributed by atoms with Crippen LogP contribution in [0, 0.1) is 0 Å². The van der Waals surface area contributed by atoms with Crippen LogP contribution in [0.15, 0.2) is 0 Å². The Morgan fingerprint density at radius 3 is 0.571 bits per heavy atom. The van der Waals surface area contributed by atoms with Crippen molar-refractivity contribution in [3.05, 3.63) is 0 Å². The minimum Gasteiger partial charge on any atom is -0.481 e. The highest BCUT2D eigenvalue weighted by Gasteiger charge is 1.98. The molecule has 0 radical (unpaired) electrons. The first kappa shape index (κ1) is 43.1. The standard InChI is InChI=1S/2C19H38O2/c2*1-2-3-4-5-6-7-8-9-10-11-12-13-14-15-16-17-18-19(20)21/h2*2-18H2,1H3,(H,20,21). The quantitative estimate of drug-likeness (QED) is 0.0724. The molecule has 4 nitrogen and oxygen atoms in total. The molecular formula is C38H76O4. The van der Waals surface area contributed by atoms with Crippen molar-refractivity contribution in [2.24, 2.45) is 0 Å². The molecule has 0 saturated carbocycles. The lowest BCUT2D eigenvalue weighted by Crippen LogP contribution is -1.93. The summed E-state index contributed by atoms with van der Waals surface area (Å²) in [6, 6.07) is 0. The molecule has 42 heavy (non-hydrogen) atoms. The van der Waals surface area contributed by atoms with Crippen LogP contribution in [-0.2, 0) is 9.59 Å². The van der Waals surface area contributed by atoms with E-state index in [2.05, 4.69) is 13.8 Å². The molecule has 0 aromatic rings. The fourth-order valence-electron chi connectivity index (χ4n) is 5.65. The van der Waals surface area contributed by atoms with E-state index in [0.717, 1.165) is 25.7 Å². The van der Waals surface area contributed by atoms with E-state index in [1.807, 2.05) is 0 Å². The van der Waals surface area contributed by atoms with Crippen molar-refractivity contribution in [1.82, 2.24) is 0 Å². The highest BCUT2D eigenvalue weighted by atomic mass is 16.4. The average Bonchev–Trinajstić information content (AvgIpc) is 2.97. The highest BCUT2D eigenvalue weighted by Crippen LogP contribution is 2.15. The number of hydrogen-bond acceptors (Lipinski definition) is 2. The minimum absolute atomic E-state index is 0.346. The van der Waals surface area contributed by atoms with Gasteiger partial charge in [0.15, 0.2) is 0 Å². The minimum atomic E-state index is -0.652. The van der Waals surface area contributed by atoms with E-state index in [9.17, 15) is 9.59 Å². The normalized spacial score (nSPS) is 10.9. The lowest BCUT2D eigenvalue weighted by Gasteiger charge is -2.03. The van der Waals surface area contributed by atoms with Crippen LogP contribution in [0.1, 0.15) is 232 Å². The second kappa shape index (κ2) is 39.9. The predicted octanol–water partition coefficient (Wildman–Crippen LogP) is 13.4. The summed E-state index contributed by atoms with van der Waals surface area (Å²) in [5.41, 5.74) is 0. The maximum absolute atomic E-state index is 10.3. The maximum Gasteiger partial charge on any atom is 0.303 e. The fraction of sp³-hybridized carbons (Fsp3) is 0.947. The molecule has 0 aromatic heterocycles. The molecule has 0 amide bonds. The molecule has 0 heterocycles. The van der Waals surface area contributed by atoms with Crippen molar-refractivity contribution < 1.29 is 19.8 Å². The van der Waals surface area contributed by atoms with Crippen molar-refractivity contribution in [3.8, 4) is 0 Å². The lowest BCUT2D eigenvalue weighted by molar-refractivity contribution is -0.138. The molecule has 252 valence electrons. The second-order valence-corrected chi connectivity index (χ2v) is 12.9. The molecule has 0 bridgehead atoms. The molecule has 0 fully saturated rings. The number of unbranched alkanes of at least 4 members (excludes halogenated alkanes) is 30. The van der Waals surface area contributed by atoms with Gasteiger partial charge in [-0.05, 0) is 12.8 Å². The van der Waals surface area contributed by atoms with Crippen molar-refractivity contribution in [2.45, 2.75) is 232 Å². The van der Waals surface area contributed by atoms with Crippen LogP contribution < -0.4 is 0 Å². The zero-order valence-corrected chi connectivity index (χ0v) is 28.8. The van der Waals surface area contributed by atoms with Gasteiger partial charge in [-0.2, -0.15) is 0 Å². The van der Waals surface area contributed by atoms with Gasteiger partial charge in [-0.3, -0.25) is 9.59 Å². The Morgan fingerprint density at radius 1 is 0.286 bits per heavy atom. The van der Waals surface area contributed by atoms with E-state index < -0.39 is 11.9 Å². The molecule has 0 aromatic carbocycles. The second-order valence-electron chi connectivity index (χ2n) is 12.9. The Kier molecular flexibility index (Phi) is 41.0. The van der Waals surface area contributed by atoms with Gasteiger partial charge in [0, 0.05) is 12.8 Å². The summed E-state index contributed by atoms with van der Waals surface area (Å²) < 4.78 is 0. The number of aliphatic carboxylic acids is 2. The molecular weight excluding hydrogens is 520 g/mol. The fourth-order valence-corrected chi connectivity index (χ4v) is 5.65. The van der Waals surface area contributed by atoms with Gasteiger partial charge >= 0.3 is 11.9 Å². The van der Waals surface area contributed by atoms with Crippen LogP contribution in [0.25, 0.3) is 0 Å². The van der Waals surface area contributed by atoms with E-state index in [1.165, 1.54) is 180 Å². The zero-order valence-electron chi connectivity index (χ0n) is 28.8. The molecule has 2 N–H and O–H groups in total. The summed E-state index contributed by atoms with van der Waals surface area (Å²) in [6.07, 6.45) is 43.3. The molecule has 4 heteroatoms. The van der Waals surface area contributed by atoms with E-state index in [1.54, 1.807) is 0 Å². The number of carboxylic acid groups (broad SMARTS) is 2. The van der Waals surface area contributed by atoms with E-state index in [4.69, 9.17) is 10.2 Å². The topological polar surface area (TPSA) is 74.6 Å². The summed E-state index contributed by atoms with van der Waals surface area (Å²) in [4.78, 5) is 20.7. The maximum atomic E-state index is 10.3. The molecule has 0 atom stereocenters. The molecule has 0 unspecified atom stereocenters. The Hall–Kier alpha value is -1.06. The molecule has 0 saturated heterocycles. The van der Waals surface area contributed by atoms with Crippen molar-refractivity contribution in [2.75, 3.05) is 0 Å². The van der Waals surface area contributed by atoms with Gasteiger partial charge in [0.25, 0.3) is 0 Å². The number of rotatable bonds is 34. The highest BCUT2D eigenvalue weighted by molar-refractivity contribution is 5.66. The summed E-state index contributed by atoms with van der Waals surface area (Å²) in [7, 11) is 0. The third kappa shape index (κ3) is 45.9. The third-order valence-electron chi connectivity index (χ3n) is 8.49. The first-order chi connectivity index (χ1) is 20.5. The van der Waals surface area contributed by atoms with Crippen molar-refractivity contribution in [3.63, 3.8) is 0 Å². The van der Waals surface area contributed by atoms with Crippen molar-refractivity contribution >= 4 is 11.9 Å². The van der Waals surface area contributed by atoms with Gasteiger partial charge < -0.3 is 10.2 Å². The molecule has 0 aliphatic heterocycles. The van der Waals surface area contributed by atoms with Gasteiger partial charge in [0.05, 0.1) is 0 Å². The number of carboxylic acids is 2. The third-order valence-corrected chi connectivity index (χ3v) is 8.49. The number of carbonyl (C=O) groups is 2. The summed E-state index contributed by atoms with van der Waals surface area (Å²) in [6.45, 7) is 4.55. The largest absolute Gasteiger partial charge is 0.481 e. The van der Waals surface area contributed by atoms with Crippen LogP contribution in [0.2, 0.25) is 0 Å². The first-order valence-electron chi connectivity index (χ1n) is 19.0. The van der Waals surface area contributed by atoms with Crippen LogP contribution >= 0.6 is 0 Å². The lowest BCUT2D eigenvalue weighted by atomic mass is 10.0. The summed E-state index contributed by atoms with van der Waals surface area (Å²) >= 11 is 0. The van der Waals surface area contributed by atoms with Gasteiger partial charge in [-0.15, -0.1) is 0 Å². The molecule has 0 aliphatic rings. The Balaban J connectivity index is 0. The summed E-state index contributed by atoms with van der Waals surface area (Å²) in [5, 5.41) is 17.1. The van der Waals surface area contributed by atoms with Crippen LogP contribution in [0.4, 0.5) is 0 Å². The van der Waals surface area contributed by atoms with Gasteiger partial charge in [-0.1, -0.05) is 206 Å². The predicted molar refractivity (Wildman–Crippen MR) is 184 cm³/mol. The Bertz CT molecular complexity index is 473. The van der Waals surface area contributed by atoms with Crippen LogP contribution in [-0.4, -0.2) is 22.2 Å². The van der Waals surface area contributed by atoms with Gasteiger partial charge in [0.2, 0.25) is 0 Å². The smallest absolute Gasteiger partial charge is 0.303 e. The Morgan fingerprint density at radius 2 is 0.429 bits per heavy atom. The van der Waals surface area contributed by atoms with Gasteiger partial charge in [0.1, 0.15) is 0 Å². The number of hydrogen-bond donors (Lipinski definition) is 2. The van der Waals surface area contributed by atoms with E-state index in [0.29, 0.717) is 12.8 Å².